The van der Waals surface area contributed by atoms with Gasteiger partial charge in [-0.05, 0) is 48.5 Å². The molecule has 0 saturated heterocycles. The van der Waals surface area contributed by atoms with Crippen molar-refractivity contribution in [1.29, 1.82) is 0 Å². The Hall–Kier alpha value is -4.13. The lowest BCUT2D eigenvalue weighted by atomic mass is 10.2. The van der Waals surface area contributed by atoms with Crippen molar-refractivity contribution >= 4 is 57.1 Å². The minimum Gasteiger partial charge on any atom is -0.324 e. The van der Waals surface area contributed by atoms with Crippen molar-refractivity contribution in [1.82, 2.24) is 15.0 Å². The number of primary sulfonamides is 1. The number of hydrogen-bond acceptors (Lipinski definition) is 9. The number of benzene rings is 3. The molecule has 0 spiro atoms. The molecule has 35 heavy (non-hydrogen) atoms. The van der Waals surface area contributed by atoms with Crippen LogP contribution in [0.1, 0.15) is 5.56 Å². The van der Waals surface area contributed by atoms with E-state index in [1.54, 1.807) is 6.07 Å². The van der Waals surface area contributed by atoms with E-state index in [4.69, 9.17) is 16.7 Å². The first-order valence-corrected chi connectivity index (χ1v) is 11.9. The summed E-state index contributed by atoms with van der Waals surface area (Å²) in [5.41, 5.74) is 3.97. The highest BCUT2D eigenvalue weighted by molar-refractivity contribution is 7.89. The highest BCUT2D eigenvalue weighted by atomic mass is 35.5. The van der Waals surface area contributed by atoms with Crippen LogP contribution in [0.2, 0.25) is 5.02 Å². The van der Waals surface area contributed by atoms with Crippen molar-refractivity contribution in [2.75, 3.05) is 16.1 Å². The smallest absolute Gasteiger partial charge is 0.250 e. The maximum atomic E-state index is 14.0. The number of nitrogens with two attached hydrogens (primary N) is 1. The largest absolute Gasteiger partial charge is 0.324 e. The molecule has 1 aromatic heterocycles. The molecule has 4 aromatic rings. The summed E-state index contributed by atoms with van der Waals surface area (Å²) in [5, 5.41) is 15.3. The fourth-order valence-electron chi connectivity index (χ4n) is 2.83. The van der Waals surface area contributed by atoms with Crippen LogP contribution < -0.4 is 21.2 Å². The van der Waals surface area contributed by atoms with E-state index in [-0.39, 0.29) is 33.3 Å². The van der Waals surface area contributed by atoms with E-state index >= 15 is 0 Å². The van der Waals surface area contributed by atoms with E-state index in [0.717, 1.165) is 5.69 Å². The molecule has 0 amide bonds. The number of para-hydroxylation sites is 1. The second-order valence-electron chi connectivity index (χ2n) is 7.00. The highest BCUT2D eigenvalue weighted by Gasteiger charge is 2.10. The van der Waals surface area contributed by atoms with Gasteiger partial charge < -0.3 is 10.6 Å². The number of aromatic nitrogens is 3. The number of halogens is 2. The summed E-state index contributed by atoms with van der Waals surface area (Å²) in [6.45, 7) is 0. The minimum atomic E-state index is -3.82. The number of anilines is 5. The monoisotopic (exact) mass is 512 g/mol. The van der Waals surface area contributed by atoms with E-state index < -0.39 is 15.8 Å². The predicted octanol–water partition coefficient (Wildman–Crippen LogP) is 4.24. The van der Waals surface area contributed by atoms with Crippen molar-refractivity contribution in [3.63, 3.8) is 0 Å². The zero-order valence-corrected chi connectivity index (χ0v) is 19.4. The van der Waals surface area contributed by atoms with Crippen LogP contribution >= 0.6 is 11.6 Å². The molecule has 178 valence electrons. The second-order valence-corrected chi connectivity index (χ2v) is 8.97. The molecule has 3 aromatic carbocycles. The summed E-state index contributed by atoms with van der Waals surface area (Å²) in [6.07, 6.45) is 1.21. The minimum absolute atomic E-state index is 0.0337. The van der Waals surface area contributed by atoms with Crippen molar-refractivity contribution in [3.8, 4) is 0 Å². The summed E-state index contributed by atoms with van der Waals surface area (Å²) >= 11 is 6.02. The average molecular weight is 513 g/mol. The van der Waals surface area contributed by atoms with Crippen LogP contribution in [0.3, 0.4) is 0 Å². The van der Waals surface area contributed by atoms with Crippen LogP contribution in [0.5, 0.6) is 0 Å². The van der Waals surface area contributed by atoms with Gasteiger partial charge in [-0.2, -0.15) is 20.1 Å². The Balaban J connectivity index is 1.60. The number of hydrazone groups is 1. The Labute approximate surface area is 205 Å². The molecular weight excluding hydrogens is 495 g/mol. The van der Waals surface area contributed by atoms with E-state index in [2.05, 4.69) is 36.1 Å². The fourth-order valence-corrected chi connectivity index (χ4v) is 3.56. The third-order valence-corrected chi connectivity index (χ3v) is 5.72. The van der Waals surface area contributed by atoms with E-state index in [1.807, 2.05) is 30.3 Å². The summed E-state index contributed by atoms with van der Waals surface area (Å²) in [7, 11) is -3.82. The van der Waals surface area contributed by atoms with Crippen molar-refractivity contribution in [2.24, 2.45) is 10.2 Å². The van der Waals surface area contributed by atoms with Crippen LogP contribution in [0.4, 0.5) is 33.6 Å². The SMILES string of the molecule is NS(=O)(=O)c1ccc(Nc2nc(N/N=C/c3c(F)cccc3Cl)nc(Nc3ccccc3)n2)cc1. The number of nitrogens with one attached hydrogen (secondary N) is 3. The van der Waals surface area contributed by atoms with Gasteiger partial charge in [0.1, 0.15) is 5.82 Å². The Morgan fingerprint density at radius 1 is 0.829 bits per heavy atom. The third-order valence-electron chi connectivity index (χ3n) is 4.46. The topological polar surface area (TPSA) is 147 Å². The summed E-state index contributed by atoms with van der Waals surface area (Å²) < 4.78 is 36.9. The maximum absolute atomic E-state index is 14.0. The van der Waals surface area contributed by atoms with Crippen LogP contribution in [-0.4, -0.2) is 29.6 Å². The van der Waals surface area contributed by atoms with Gasteiger partial charge in [-0.15, -0.1) is 0 Å². The highest BCUT2D eigenvalue weighted by Crippen LogP contribution is 2.20. The molecule has 0 aliphatic carbocycles. The van der Waals surface area contributed by atoms with Gasteiger partial charge >= 0.3 is 0 Å². The maximum Gasteiger partial charge on any atom is 0.250 e. The standard InChI is InChI=1S/C22H18ClFN8O2S/c23-18-7-4-8-19(24)17(18)13-26-32-22-30-20(27-14-5-2-1-3-6-14)29-21(31-22)28-15-9-11-16(12-10-15)35(25,33)34/h1-13H,(H2,25,33,34)(H3,27,28,29,30,31,32)/b26-13+. The molecule has 5 N–H and O–H groups in total. The van der Waals surface area contributed by atoms with Gasteiger partial charge in [0.25, 0.3) is 0 Å². The fraction of sp³-hybridized carbons (Fsp3) is 0. The Kier molecular flexibility index (Phi) is 7.15. The summed E-state index contributed by atoms with van der Waals surface area (Å²) in [5.74, 6) is -0.166. The van der Waals surface area contributed by atoms with Gasteiger partial charge in [0, 0.05) is 16.9 Å². The lowest BCUT2D eigenvalue weighted by Crippen LogP contribution is -2.12. The lowest BCUT2D eigenvalue weighted by molar-refractivity contribution is 0.598. The molecule has 0 aliphatic rings. The van der Waals surface area contributed by atoms with E-state index in [9.17, 15) is 12.8 Å². The molecule has 13 heteroatoms. The quantitative estimate of drug-likeness (QED) is 0.202. The van der Waals surface area contributed by atoms with Crippen molar-refractivity contribution in [2.45, 2.75) is 4.90 Å². The van der Waals surface area contributed by atoms with Gasteiger partial charge in [-0.3, -0.25) is 0 Å². The van der Waals surface area contributed by atoms with E-state index in [1.165, 1.54) is 42.6 Å². The zero-order chi connectivity index (χ0) is 24.8. The summed E-state index contributed by atoms with van der Waals surface area (Å²) in [4.78, 5) is 12.8. The van der Waals surface area contributed by atoms with Crippen molar-refractivity contribution in [3.05, 3.63) is 89.2 Å². The Bertz CT molecular complexity index is 1450. The molecule has 0 atom stereocenters. The molecule has 0 saturated carbocycles. The van der Waals surface area contributed by atoms with Gasteiger partial charge in [0.15, 0.2) is 0 Å². The average Bonchev–Trinajstić information content (AvgIpc) is 2.81. The molecule has 10 nitrogen and oxygen atoms in total. The van der Waals surface area contributed by atoms with Crippen LogP contribution in [-0.2, 0) is 10.0 Å². The molecule has 4 rings (SSSR count). The van der Waals surface area contributed by atoms with Gasteiger partial charge in [-0.1, -0.05) is 35.9 Å². The van der Waals surface area contributed by atoms with Crippen LogP contribution in [0, 0.1) is 5.82 Å². The third kappa shape index (κ3) is 6.47. The normalized spacial score (nSPS) is 11.4. The number of rotatable bonds is 8. The van der Waals surface area contributed by atoms with Gasteiger partial charge in [0.2, 0.25) is 27.9 Å². The Morgan fingerprint density at radius 2 is 1.43 bits per heavy atom. The van der Waals surface area contributed by atoms with Crippen LogP contribution in [0.25, 0.3) is 0 Å². The van der Waals surface area contributed by atoms with E-state index in [0.29, 0.717) is 5.69 Å². The van der Waals surface area contributed by atoms with Crippen molar-refractivity contribution < 1.29 is 12.8 Å². The molecule has 0 unspecified atom stereocenters. The molecular formula is C22H18ClFN8O2S. The molecule has 0 bridgehead atoms. The summed E-state index contributed by atoms with van der Waals surface area (Å²) in [6, 6.07) is 19.2. The number of hydrogen-bond donors (Lipinski definition) is 4. The number of sulfonamides is 1. The predicted molar refractivity (Wildman–Crippen MR) is 133 cm³/mol. The number of nitrogens with zero attached hydrogens (tertiary/aromatic N) is 4. The molecule has 0 aliphatic heterocycles. The Morgan fingerprint density at radius 3 is 2.03 bits per heavy atom. The second kappa shape index (κ2) is 10.4. The molecule has 0 fully saturated rings. The first-order chi connectivity index (χ1) is 16.8. The first kappa shape index (κ1) is 24.0. The molecule has 0 radical (unpaired) electrons. The van der Waals surface area contributed by atoms with Crippen LogP contribution in [0.15, 0.2) is 82.8 Å². The lowest BCUT2D eigenvalue weighted by Gasteiger charge is -2.10. The van der Waals surface area contributed by atoms with Gasteiger partial charge in [0.05, 0.1) is 16.1 Å². The van der Waals surface area contributed by atoms with Gasteiger partial charge in [-0.25, -0.2) is 23.4 Å². The first-order valence-electron chi connectivity index (χ1n) is 9.99. The zero-order valence-electron chi connectivity index (χ0n) is 17.9. The molecule has 1 heterocycles.